The smallest absolute Gasteiger partial charge is 0.326 e. The Bertz CT molecular complexity index is 1180. The summed E-state index contributed by atoms with van der Waals surface area (Å²) >= 11 is 5.85. The zero-order valence-electron chi connectivity index (χ0n) is 18.9. The molecular weight excluding hydrogens is 469 g/mol. The molecule has 2 saturated carbocycles. The highest BCUT2D eigenvalue weighted by Crippen LogP contribution is 2.71. The third kappa shape index (κ3) is 3.78. The third-order valence-corrected chi connectivity index (χ3v) is 8.19. The van der Waals surface area contributed by atoms with E-state index in [1.165, 1.54) is 24.3 Å². The second-order valence-electron chi connectivity index (χ2n) is 9.67. The van der Waals surface area contributed by atoms with Crippen molar-refractivity contribution < 1.29 is 27.6 Å². The molecule has 2 aliphatic rings. The molecule has 5 nitrogen and oxygen atoms in total. The monoisotopic (exact) mass is 492 g/mol. The van der Waals surface area contributed by atoms with Crippen molar-refractivity contribution in [2.45, 2.75) is 46.2 Å². The molecule has 2 atom stereocenters. The zero-order valence-corrected chi connectivity index (χ0v) is 19.7. The van der Waals surface area contributed by atoms with Crippen LogP contribution in [0.1, 0.15) is 56.0 Å². The lowest BCUT2D eigenvalue weighted by Gasteiger charge is -2.39. The average Bonchev–Trinajstić information content (AvgIpc) is 3.08. The minimum absolute atomic E-state index is 0.0816. The fraction of sp³-hybridized carbons (Fsp3) is 0.400. The molecule has 34 heavy (non-hydrogen) atoms. The van der Waals surface area contributed by atoms with Crippen LogP contribution in [0.25, 0.3) is 0 Å². The molecule has 0 aromatic heterocycles. The van der Waals surface area contributed by atoms with Crippen LogP contribution in [0.2, 0.25) is 5.02 Å². The highest BCUT2D eigenvalue weighted by atomic mass is 35.5. The second-order valence-corrected chi connectivity index (χ2v) is 10.1. The molecule has 4 rings (SSSR count). The largest absolute Gasteiger partial charge is 0.416 e. The summed E-state index contributed by atoms with van der Waals surface area (Å²) in [5.74, 6) is -1.01. The quantitative estimate of drug-likeness (QED) is 0.380. The van der Waals surface area contributed by atoms with Gasteiger partial charge < -0.3 is 10.2 Å². The number of fused-ring (bicyclic) bond motifs is 2. The van der Waals surface area contributed by atoms with Gasteiger partial charge in [0.15, 0.2) is 0 Å². The molecule has 180 valence electrons. The highest BCUT2D eigenvalue weighted by Gasteiger charge is 2.71. The predicted molar refractivity (Wildman–Crippen MR) is 123 cm³/mol. The number of rotatable bonds is 4. The van der Waals surface area contributed by atoms with Crippen LogP contribution in [0.3, 0.4) is 0 Å². The molecule has 0 saturated heterocycles. The molecule has 0 heterocycles. The molecule has 1 amide bonds. The molecule has 1 N–H and O–H groups in total. The molecule has 2 fully saturated rings. The fourth-order valence-electron chi connectivity index (χ4n) is 5.28. The topological polar surface area (TPSA) is 67.8 Å². The van der Waals surface area contributed by atoms with Gasteiger partial charge in [-0.3, -0.25) is 4.79 Å². The summed E-state index contributed by atoms with van der Waals surface area (Å²) in [6.45, 7) is 5.89. The SMILES string of the molecule is CC12CCC(C(=O)Nc3cccc(C(F)(F)F)c3)(C/C1=N\OC(=O)c1ccc(Cl)cc1)C2(C)C. The number of carbonyl (C=O) groups is 2. The Hall–Kier alpha value is -2.87. The number of hydrogen-bond acceptors (Lipinski definition) is 4. The Kier molecular flexibility index (Phi) is 5.79. The van der Waals surface area contributed by atoms with Gasteiger partial charge in [0.25, 0.3) is 0 Å². The van der Waals surface area contributed by atoms with Crippen LogP contribution >= 0.6 is 11.6 Å². The molecule has 2 aliphatic carbocycles. The summed E-state index contributed by atoms with van der Waals surface area (Å²) < 4.78 is 39.3. The maximum Gasteiger partial charge on any atom is 0.416 e. The van der Waals surface area contributed by atoms with Gasteiger partial charge in [0.2, 0.25) is 5.91 Å². The number of oxime groups is 1. The Morgan fingerprint density at radius 3 is 2.38 bits per heavy atom. The summed E-state index contributed by atoms with van der Waals surface area (Å²) in [5.41, 5.74) is -1.86. The van der Waals surface area contributed by atoms with Crippen LogP contribution in [0.4, 0.5) is 18.9 Å². The summed E-state index contributed by atoms with van der Waals surface area (Å²) in [4.78, 5) is 31.1. The fourth-order valence-corrected chi connectivity index (χ4v) is 5.41. The molecule has 2 aromatic carbocycles. The maximum atomic E-state index is 13.5. The summed E-state index contributed by atoms with van der Waals surface area (Å²) in [5, 5.41) is 7.33. The van der Waals surface area contributed by atoms with E-state index in [4.69, 9.17) is 16.4 Å². The van der Waals surface area contributed by atoms with Crippen molar-refractivity contribution in [3.05, 3.63) is 64.7 Å². The van der Waals surface area contributed by atoms with E-state index in [2.05, 4.69) is 10.5 Å². The lowest BCUT2D eigenvalue weighted by molar-refractivity contribution is -0.137. The van der Waals surface area contributed by atoms with Gasteiger partial charge in [0.05, 0.1) is 22.3 Å². The summed E-state index contributed by atoms with van der Waals surface area (Å²) in [6.07, 6.45) is -3.08. The number of amides is 1. The Morgan fingerprint density at radius 2 is 1.74 bits per heavy atom. The molecule has 2 bridgehead atoms. The molecule has 9 heteroatoms. The normalized spacial score (nSPS) is 26.5. The standard InChI is InChI=1S/C25H24ClF3N2O3/c1-22(2)23(3)11-12-24(22,21(33)30-18-6-4-5-16(13-18)25(27,28)29)14-19(23)31-34-20(32)15-7-9-17(26)10-8-15/h4-10,13H,11-12,14H2,1-3H3,(H,30,33)/b31-19+. The van der Waals surface area contributed by atoms with Crippen LogP contribution in [0.5, 0.6) is 0 Å². The van der Waals surface area contributed by atoms with Crippen molar-refractivity contribution in [3.8, 4) is 0 Å². The maximum absolute atomic E-state index is 13.5. The Labute approximate surface area is 200 Å². The number of halogens is 4. The van der Waals surface area contributed by atoms with Crippen LogP contribution in [-0.4, -0.2) is 17.6 Å². The van der Waals surface area contributed by atoms with Crippen molar-refractivity contribution in [2.24, 2.45) is 21.4 Å². The van der Waals surface area contributed by atoms with Crippen LogP contribution in [0, 0.1) is 16.2 Å². The van der Waals surface area contributed by atoms with Crippen molar-refractivity contribution in [1.29, 1.82) is 0 Å². The van der Waals surface area contributed by atoms with Crippen molar-refractivity contribution in [3.63, 3.8) is 0 Å². The van der Waals surface area contributed by atoms with Gasteiger partial charge in [0.1, 0.15) is 0 Å². The number of nitrogens with zero attached hydrogens (tertiary/aromatic N) is 1. The van der Waals surface area contributed by atoms with Gasteiger partial charge in [0, 0.05) is 22.5 Å². The average molecular weight is 493 g/mol. The van der Waals surface area contributed by atoms with E-state index >= 15 is 0 Å². The summed E-state index contributed by atoms with van der Waals surface area (Å²) in [6, 6.07) is 10.8. The van der Waals surface area contributed by atoms with E-state index in [0.717, 1.165) is 12.1 Å². The third-order valence-electron chi connectivity index (χ3n) is 7.93. The van der Waals surface area contributed by atoms with Gasteiger partial charge in [-0.05, 0) is 60.7 Å². The van der Waals surface area contributed by atoms with E-state index in [1.54, 1.807) is 12.1 Å². The number of hydrogen-bond donors (Lipinski definition) is 1. The predicted octanol–water partition coefficient (Wildman–Crippen LogP) is 6.73. The molecule has 0 aliphatic heterocycles. The first-order chi connectivity index (χ1) is 15.8. The van der Waals surface area contributed by atoms with Crippen molar-refractivity contribution in [2.75, 3.05) is 5.32 Å². The van der Waals surface area contributed by atoms with E-state index in [0.29, 0.717) is 29.1 Å². The zero-order chi connectivity index (χ0) is 24.9. The number of anilines is 1. The second kappa shape index (κ2) is 8.12. The Morgan fingerprint density at radius 1 is 1.06 bits per heavy atom. The van der Waals surface area contributed by atoms with E-state index in [1.807, 2.05) is 20.8 Å². The van der Waals surface area contributed by atoms with Gasteiger partial charge >= 0.3 is 12.1 Å². The molecule has 2 aromatic rings. The van der Waals surface area contributed by atoms with Gasteiger partial charge in [-0.1, -0.05) is 43.6 Å². The Balaban J connectivity index is 1.58. The number of carbonyl (C=O) groups excluding carboxylic acids is 2. The van der Waals surface area contributed by atoms with E-state index < -0.39 is 34.0 Å². The molecule has 0 spiro atoms. The lowest BCUT2D eigenvalue weighted by atomic mass is 9.64. The minimum atomic E-state index is -4.51. The van der Waals surface area contributed by atoms with Crippen LogP contribution in [-0.2, 0) is 15.8 Å². The highest BCUT2D eigenvalue weighted by molar-refractivity contribution is 6.30. The first kappa shape index (κ1) is 24.3. The van der Waals surface area contributed by atoms with Crippen LogP contribution < -0.4 is 5.32 Å². The van der Waals surface area contributed by atoms with Gasteiger partial charge in [-0.2, -0.15) is 13.2 Å². The van der Waals surface area contributed by atoms with E-state index in [-0.39, 0.29) is 18.0 Å². The van der Waals surface area contributed by atoms with E-state index in [9.17, 15) is 22.8 Å². The summed E-state index contributed by atoms with van der Waals surface area (Å²) in [7, 11) is 0. The number of alkyl halides is 3. The lowest BCUT2D eigenvalue weighted by Crippen LogP contribution is -2.43. The molecule has 0 radical (unpaired) electrons. The van der Waals surface area contributed by atoms with Gasteiger partial charge in [-0.15, -0.1) is 0 Å². The first-order valence-electron chi connectivity index (χ1n) is 10.8. The van der Waals surface area contributed by atoms with Crippen LogP contribution in [0.15, 0.2) is 53.7 Å². The van der Waals surface area contributed by atoms with Crippen molar-refractivity contribution >= 4 is 34.9 Å². The molecule has 2 unspecified atom stereocenters. The number of nitrogens with one attached hydrogen (secondary N) is 1. The number of benzene rings is 2. The minimum Gasteiger partial charge on any atom is -0.326 e. The first-order valence-corrected chi connectivity index (χ1v) is 11.2. The van der Waals surface area contributed by atoms with Gasteiger partial charge in [-0.25, -0.2) is 4.79 Å². The molecular formula is C25H24ClF3N2O3. The van der Waals surface area contributed by atoms with Crippen molar-refractivity contribution in [1.82, 2.24) is 0 Å².